The smallest absolute Gasteiger partial charge is 0.319 e. The summed E-state index contributed by atoms with van der Waals surface area (Å²) < 4.78 is 0. The average Bonchev–Trinajstić information content (AvgIpc) is 2.80. The number of thiol groups is 1. The van der Waals surface area contributed by atoms with Crippen molar-refractivity contribution in [1.82, 2.24) is 0 Å². The van der Waals surface area contributed by atoms with Crippen molar-refractivity contribution in [3.05, 3.63) is 120 Å². The van der Waals surface area contributed by atoms with Crippen LogP contribution >= 0.6 is 12.6 Å². The number of hydrogen-bond donors (Lipinski definition) is 3. The number of benzene rings is 3. The predicted molar refractivity (Wildman–Crippen MR) is 124 cm³/mol. The van der Waals surface area contributed by atoms with Gasteiger partial charge in [0, 0.05) is 5.41 Å². The van der Waals surface area contributed by atoms with Crippen molar-refractivity contribution in [3.8, 4) is 0 Å². The summed E-state index contributed by atoms with van der Waals surface area (Å²) in [6, 6.07) is 31.2. The fourth-order valence-corrected chi connectivity index (χ4v) is 3.99. The van der Waals surface area contributed by atoms with Gasteiger partial charge < -0.3 is 10.2 Å². The lowest BCUT2D eigenvalue weighted by Crippen LogP contribution is -2.29. The fourth-order valence-electron chi connectivity index (χ4n) is 3.89. The number of carbonyl (C=O) groups is 1. The van der Waals surface area contributed by atoms with Gasteiger partial charge in [-0.3, -0.25) is 4.79 Å². The number of hydrogen-bond acceptors (Lipinski definition) is 3. The van der Waals surface area contributed by atoms with Gasteiger partial charge in [0.1, 0.15) is 5.25 Å². The van der Waals surface area contributed by atoms with Crippen LogP contribution in [0.25, 0.3) is 0 Å². The Bertz CT molecular complexity index is 859. The third-order valence-corrected chi connectivity index (χ3v) is 5.92. The first-order valence-electron chi connectivity index (χ1n) is 9.98. The molecule has 3 nitrogen and oxygen atoms in total. The summed E-state index contributed by atoms with van der Waals surface area (Å²) >= 11 is 3.95. The molecule has 0 radical (unpaired) electrons. The van der Waals surface area contributed by atoms with Crippen LogP contribution in [0.2, 0.25) is 0 Å². The van der Waals surface area contributed by atoms with Gasteiger partial charge >= 0.3 is 5.97 Å². The van der Waals surface area contributed by atoms with Crippen molar-refractivity contribution in [3.63, 3.8) is 0 Å². The Morgan fingerprint density at radius 2 is 1.23 bits per heavy atom. The summed E-state index contributed by atoms with van der Waals surface area (Å²) in [6.07, 6.45) is 3.66. The second-order valence-electron chi connectivity index (χ2n) is 7.24. The lowest BCUT2D eigenvalue weighted by atomic mass is 9.67. The molecule has 30 heavy (non-hydrogen) atoms. The van der Waals surface area contributed by atoms with Crippen LogP contribution < -0.4 is 0 Å². The van der Waals surface area contributed by atoms with Crippen LogP contribution in [0.5, 0.6) is 0 Å². The summed E-state index contributed by atoms with van der Waals surface area (Å²) in [5.74, 6) is -1.14. The normalized spacial score (nSPS) is 13.8. The van der Waals surface area contributed by atoms with Crippen LogP contribution in [0.15, 0.2) is 103 Å². The van der Waals surface area contributed by atoms with Crippen LogP contribution in [0.1, 0.15) is 29.5 Å². The number of aliphatic hydroxyl groups excluding tert-OH is 1. The van der Waals surface area contributed by atoms with Crippen molar-refractivity contribution >= 4 is 18.6 Å². The van der Waals surface area contributed by atoms with Gasteiger partial charge in [-0.1, -0.05) is 103 Å². The first-order chi connectivity index (χ1) is 14.6. The van der Waals surface area contributed by atoms with Crippen molar-refractivity contribution in [2.75, 3.05) is 0 Å². The average molecular weight is 419 g/mol. The molecule has 2 atom stereocenters. The first kappa shape index (κ1) is 21.9. The number of carboxylic acid groups (broad SMARTS) is 1. The molecule has 0 heterocycles. The molecule has 2 N–H and O–H groups in total. The molecule has 0 aromatic heterocycles. The van der Waals surface area contributed by atoms with E-state index in [4.69, 9.17) is 5.11 Å². The zero-order valence-corrected chi connectivity index (χ0v) is 17.5. The van der Waals surface area contributed by atoms with Gasteiger partial charge in [0.15, 0.2) is 0 Å². The molecule has 0 saturated carbocycles. The van der Waals surface area contributed by atoms with Crippen LogP contribution in [0, 0.1) is 0 Å². The van der Waals surface area contributed by atoms with Crippen molar-refractivity contribution in [2.24, 2.45) is 0 Å². The highest BCUT2D eigenvalue weighted by molar-refractivity contribution is 7.81. The summed E-state index contributed by atoms with van der Waals surface area (Å²) in [6.45, 7) is 0. The number of allylic oxidation sites excluding steroid dienone is 1. The molecule has 154 valence electrons. The third-order valence-electron chi connectivity index (χ3n) is 5.40. The molecule has 0 fully saturated rings. The van der Waals surface area contributed by atoms with Gasteiger partial charge in [0.05, 0.1) is 6.10 Å². The topological polar surface area (TPSA) is 57.5 Å². The number of carboxylic acids is 1. The second kappa shape index (κ2) is 10.3. The van der Waals surface area contributed by atoms with Crippen LogP contribution in [-0.4, -0.2) is 27.5 Å². The standard InChI is InChI=1S/C26H26O3S/c27-23(24(30)25(28)29)18-10-11-19-26(20-12-4-1-5-13-20,21-14-6-2-7-15-21)22-16-8-3-9-17-22/h1-10,12-18,23-24,27,30H,11,19H2,(H,28,29)/t23?,24-/m0/s1. The van der Waals surface area contributed by atoms with E-state index in [0.717, 1.165) is 6.42 Å². The summed E-state index contributed by atoms with van der Waals surface area (Å²) in [5.41, 5.74) is 3.20. The Labute approximate surface area is 183 Å². The summed E-state index contributed by atoms with van der Waals surface area (Å²) in [4.78, 5) is 11.0. The van der Waals surface area contributed by atoms with E-state index in [1.54, 1.807) is 0 Å². The fraction of sp³-hybridized carbons (Fsp3) is 0.192. The van der Waals surface area contributed by atoms with E-state index in [1.807, 2.05) is 60.7 Å². The Hall–Kier alpha value is -2.82. The van der Waals surface area contributed by atoms with Crippen molar-refractivity contribution < 1.29 is 15.0 Å². The minimum Gasteiger partial charge on any atom is -0.480 e. The van der Waals surface area contributed by atoms with E-state index in [-0.39, 0.29) is 5.41 Å². The number of rotatable bonds is 9. The molecule has 4 heteroatoms. The molecule has 3 aromatic carbocycles. The maximum Gasteiger partial charge on any atom is 0.319 e. The molecular formula is C26H26O3S. The zero-order chi connectivity index (χ0) is 21.4. The van der Waals surface area contributed by atoms with Gasteiger partial charge in [-0.25, -0.2) is 0 Å². The van der Waals surface area contributed by atoms with E-state index in [1.165, 1.54) is 22.8 Å². The van der Waals surface area contributed by atoms with E-state index in [0.29, 0.717) is 6.42 Å². The van der Waals surface area contributed by atoms with Crippen LogP contribution in [0.4, 0.5) is 0 Å². The van der Waals surface area contributed by atoms with Crippen LogP contribution in [-0.2, 0) is 10.2 Å². The largest absolute Gasteiger partial charge is 0.480 e. The first-order valence-corrected chi connectivity index (χ1v) is 10.5. The highest BCUT2D eigenvalue weighted by Gasteiger charge is 2.35. The molecule has 0 aliphatic heterocycles. The highest BCUT2D eigenvalue weighted by atomic mass is 32.1. The van der Waals surface area contributed by atoms with Gasteiger partial charge in [0.2, 0.25) is 0 Å². The van der Waals surface area contributed by atoms with E-state index >= 15 is 0 Å². The Balaban J connectivity index is 2.00. The Kier molecular flexibility index (Phi) is 7.50. The SMILES string of the molecule is O=C(O)[C@@H](S)C(O)C=CCCC(c1ccccc1)(c1ccccc1)c1ccccc1. The second-order valence-corrected chi connectivity index (χ2v) is 7.80. The molecule has 0 aliphatic carbocycles. The molecule has 0 bridgehead atoms. The monoisotopic (exact) mass is 418 g/mol. The summed E-state index contributed by atoms with van der Waals surface area (Å²) in [7, 11) is 0. The molecule has 0 spiro atoms. The molecule has 0 saturated heterocycles. The molecule has 1 unspecified atom stereocenters. The molecule has 3 rings (SSSR count). The molecule has 0 aliphatic rings. The maximum absolute atomic E-state index is 11.0. The predicted octanol–water partition coefficient (Wildman–Crippen LogP) is 5.10. The Morgan fingerprint density at radius 1 is 0.833 bits per heavy atom. The third kappa shape index (κ3) is 4.84. The molecular weight excluding hydrogens is 392 g/mol. The van der Waals surface area contributed by atoms with E-state index in [9.17, 15) is 9.90 Å². The molecule has 3 aromatic rings. The zero-order valence-electron chi connectivity index (χ0n) is 16.6. The van der Waals surface area contributed by atoms with Gasteiger partial charge in [-0.05, 0) is 29.5 Å². The molecule has 0 amide bonds. The van der Waals surface area contributed by atoms with Crippen molar-refractivity contribution in [2.45, 2.75) is 29.6 Å². The summed E-state index contributed by atoms with van der Waals surface area (Å²) in [5, 5.41) is 17.9. The number of aliphatic carboxylic acids is 1. The minimum atomic E-state index is -1.14. The lowest BCUT2D eigenvalue weighted by molar-refractivity contribution is -0.137. The van der Waals surface area contributed by atoms with Crippen molar-refractivity contribution in [1.29, 1.82) is 0 Å². The van der Waals surface area contributed by atoms with E-state index in [2.05, 4.69) is 49.0 Å². The maximum atomic E-state index is 11.0. The minimum absolute atomic E-state index is 0.369. The van der Waals surface area contributed by atoms with Gasteiger partial charge in [-0.15, -0.1) is 0 Å². The van der Waals surface area contributed by atoms with Crippen LogP contribution in [0.3, 0.4) is 0 Å². The van der Waals surface area contributed by atoms with Gasteiger partial charge in [0.25, 0.3) is 0 Å². The highest BCUT2D eigenvalue weighted by Crippen LogP contribution is 2.43. The number of aliphatic hydroxyl groups is 1. The quantitative estimate of drug-likeness (QED) is 0.257. The lowest BCUT2D eigenvalue weighted by Gasteiger charge is -2.36. The Morgan fingerprint density at radius 3 is 1.60 bits per heavy atom. The van der Waals surface area contributed by atoms with Gasteiger partial charge in [-0.2, -0.15) is 12.6 Å². The van der Waals surface area contributed by atoms with E-state index < -0.39 is 17.3 Å².